The molecule has 0 fully saturated rings. The quantitative estimate of drug-likeness (QED) is 0.570. The summed E-state index contributed by atoms with van der Waals surface area (Å²) in [6.07, 6.45) is 0.107. The smallest absolute Gasteiger partial charge is 0.423 e. The molecule has 0 bridgehead atoms. The van der Waals surface area contributed by atoms with E-state index in [0.29, 0.717) is 9.66 Å². The second-order valence-electron chi connectivity index (χ2n) is 3.80. The van der Waals surface area contributed by atoms with E-state index in [2.05, 4.69) is 4.52 Å². The predicted octanol–water partition coefficient (Wildman–Crippen LogP) is 3.11. The third-order valence-corrected chi connectivity index (χ3v) is 4.99. The van der Waals surface area contributed by atoms with E-state index in [1.807, 2.05) is 13.8 Å². The van der Waals surface area contributed by atoms with E-state index in [9.17, 15) is 13.7 Å². The molecule has 0 radical (unpaired) electrons. The Balaban J connectivity index is 3.05. The number of halogens is 3. The van der Waals surface area contributed by atoms with Crippen LogP contribution in [0.4, 0.5) is 8.78 Å². The molecule has 1 heterocycles. The molecule has 1 rings (SSSR count). The van der Waals surface area contributed by atoms with Gasteiger partial charge in [-0.15, -0.1) is 0 Å². The maximum absolute atomic E-state index is 13.5. The molecule has 0 aliphatic carbocycles. The van der Waals surface area contributed by atoms with Gasteiger partial charge in [0.05, 0.1) is 6.61 Å². The molecule has 7 heteroatoms. The van der Waals surface area contributed by atoms with Crippen molar-refractivity contribution in [1.29, 1.82) is 0 Å². The molecule has 0 amide bonds. The number of hydrogen-bond donors (Lipinski definition) is 0. The van der Waals surface area contributed by atoms with Crippen LogP contribution in [0, 0.1) is 5.92 Å². The van der Waals surface area contributed by atoms with E-state index in [1.54, 1.807) is 22.6 Å². The number of alkyl halides is 2. The molecule has 94 valence electrons. The van der Waals surface area contributed by atoms with E-state index in [-0.39, 0.29) is 12.5 Å². The first-order valence-electron chi connectivity index (χ1n) is 4.92. The largest absolute Gasteiger partial charge is 0.626 e. The molecule has 16 heavy (non-hydrogen) atoms. The highest BCUT2D eigenvalue weighted by Crippen LogP contribution is 2.70. The third kappa shape index (κ3) is 2.72. The van der Waals surface area contributed by atoms with Gasteiger partial charge in [0, 0.05) is 9.66 Å². The first-order chi connectivity index (χ1) is 7.23. The van der Waals surface area contributed by atoms with E-state index in [4.69, 9.17) is 4.52 Å². The Morgan fingerprint density at radius 2 is 2.25 bits per heavy atom. The zero-order valence-corrected chi connectivity index (χ0v) is 12.3. The SMILES string of the molecule is CCO[P+]1([O-])OC(C(C)C)C(I)=CC1(F)F. The molecule has 0 aromatic rings. The van der Waals surface area contributed by atoms with Gasteiger partial charge in [0.2, 0.25) is 0 Å². The summed E-state index contributed by atoms with van der Waals surface area (Å²) in [4.78, 5) is 11.9. The van der Waals surface area contributed by atoms with Crippen molar-refractivity contribution in [1.82, 2.24) is 0 Å². The maximum Gasteiger partial charge on any atom is 0.423 e. The van der Waals surface area contributed by atoms with Gasteiger partial charge in [-0.25, -0.2) is 4.52 Å². The molecule has 0 aromatic heterocycles. The van der Waals surface area contributed by atoms with Crippen LogP contribution in [0.2, 0.25) is 0 Å². The summed E-state index contributed by atoms with van der Waals surface area (Å²) in [6, 6.07) is 0. The zero-order valence-electron chi connectivity index (χ0n) is 9.25. The van der Waals surface area contributed by atoms with Gasteiger partial charge < -0.3 is 4.89 Å². The van der Waals surface area contributed by atoms with Crippen LogP contribution < -0.4 is 4.89 Å². The minimum Gasteiger partial charge on any atom is -0.626 e. The molecule has 2 atom stereocenters. The summed E-state index contributed by atoms with van der Waals surface area (Å²) >= 11 is 1.78. The van der Waals surface area contributed by atoms with E-state index >= 15 is 0 Å². The van der Waals surface area contributed by atoms with Crippen molar-refractivity contribution in [2.75, 3.05) is 6.61 Å². The van der Waals surface area contributed by atoms with Crippen molar-refractivity contribution in [3.63, 3.8) is 0 Å². The minimum absolute atomic E-state index is 0.0342. The first-order valence-corrected chi connectivity index (χ1v) is 7.55. The summed E-state index contributed by atoms with van der Waals surface area (Å²) in [5.41, 5.74) is -3.54. The number of rotatable bonds is 3. The van der Waals surface area contributed by atoms with E-state index in [1.165, 1.54) is 6.92 Å². The monoisotopic (exact) mass is 366 g/mol. The average molecular weight is 366 g/mol. The Kier molecular flexibility index (Phi) is 4.68. The van der Waals surface area contributed by atoms with Crippen molar-refractivity contribution in [3.8, 4) is 0 Å². The Hall–Kier alpha value is 0.640. The lowest BCUT2D eigenvalue weighted by atomic mass is 10.1. The Morgan fingerprint density at radius 1 is 1.69 bits per heavy atom. The van der Waals surface area contributed by atoms with Crippen LogP contribution in [0.15, 0.2) is 9.66 Å². The normalized spacial score (nSPS) is 34.0. The Labute approximate surface area is 108 Å². The first kappa shape index (κ1) is 14.7. The second kappa shape index (κ2) is 5.10. The second-order valence-corrected chi connectivity index (χ2v) is 7.11. The van der Waals surface area contributed by atoms with Gasteiger partial charge in [0.25, 0.3) is 0 Å². The fraction of sp³-hybridized carbons (Fsp3) is 0.778. The summed E-state index contributed by atoms with van der Waals surface area (Å²) in [6.45, 7) is 5.07. The van der Waals surface area contributed by atoms with Crippen molar-refractivity contribution in [3.05, 3.63) is 9.66 Å². The standard InChI is InChI=1S/C9H14F2IO3P/c1-4-14-16(13)9(10,11)5-7(12)8(15-16)6(2)3/h5-6,8H,4H2,1-3H3. The molecule has 0 saturated heterocycles. The lowest BCUT2D eigenvalue weighted by Crippen LogP contribution is -2.40. The van der Waals surface area contributed by atoms with Crippen LogP contribution >= 0.6 is 30.5 Å². The maximum atomic E-state index is 13.5. The van der Waals surface area contributed by atoms with Gasteiger partial charge in [-0.3, -0.25) is 0 Å². The predicted molar refractivity (Wildman–Crippen MR) is 65.3 cm³/mol. The Bertz CT molecular complexity index is 298. The number of allylic oxidation sites excluding steroid dienone is 1. The summed E-state index contributed by atoms with van der Waals surface area (Å²) in [5.74, 6) is -0.0342. The van der Waals surface area contributed by atoms with Gasteiger partial charge >= 0.3 is 13.6 Å². The van der Waals surface area contributed by atoms with Gasteiger partial charge in [0.15, 0.2) is 0 Å². The molecular weight excluding hydrogens is 352 g/mol. The van der Waals surface area contributed by atoms with E-state index in [0.717, 1.165) is 0 Å². The van der Waals surface area contributed by atoms with Gasteiger partial charge in [0.1, 0.15) is 6.10 Å². The highest BCUT2D eigenvalue weighted by molar-refractivity contribution is 14.1. The summed E-state index contributed by atoms with van der Waals surface area (Å²) in [7, 11) is -4.38. The molecular formula is C9H14F2IO3P. The van der Waals surface area contributed by atoms with Crippen LogP contribution in [0.1, 0.15) is 20.8 Å². The van der Waals surface area contributed by atoms with Gasteiger partial charge in [-0.1, -0.05) is 13.8 Å². The van der Waals surface area contributed by atoms with E-state index < -0.39 is 19.7 Å². The van der Waals surface area contributed by atoms with Crippen molar-refractivity contribution in [2.24, 2.45) is 5.92 Å². The fourth-order valence-corrected chi connectivity index (χ4v) is 4.68. The van der Waals surface area contributed by atoms with Crippen LogP contribution in [0.3, 0.4) is 0 Å². The average Bonchev–Trinajstić information content (AvgIpc) is 2.11. The summed E-state index contributed by atoms with van der Waals surface area (Å²) in [5, 5.41) is 0. The van der Waals surface area contributed by atoms with Crippen molar-refractivity contribution < 1.29 is 22.7 Å². The zero-order chi connectivity index (χ0) is 12.6. The lowest BCUT2D eigenvalue weighted by Gasteiger charge is -2.38. The highest BCUT2D eigenvalue weighted by Gasteiger charge is 2.61. The molecule has 1 aliphatic heterocycles. The van der Waals surface area contributed by atoms with Crippen LogP contribution in [-0.2, 0) is 9.05 Å². The fourth-order valence-electron chi connectivity index (χ4n) is 1.32. The lowest BCUT2D eigenvalue weighted by molar-refractivity contribution is -0.244. The van der Waals surface area contributed by atoms with Crippen LogP contribution in [0.5, 0.6) is 0 Å². The molecule has 1 aliphatic rings. The molecule has 0 spiro atoms. The molecule has 3 nitrogen and oxygen atoms in total. The third-order valence-electron chi connectivity index (χ3n) is 2.11. The highest BCUT2D eigenvalue weighted by atomic mass is 127. The van der Waals surface area contributed by atoms with Gasteiger partial charge in [-0.05, 0) is 35.4 Å². The molecule has 0 aromatic carbocycles. The van der Waals surface area contributed by atoms with Crippen LogP contribution in [-0.4, -0.2) is 18.4 Å². The molecule has 0 saturated carbocycles. The molecule has 0 N–H and O–H groups in total. The topological polar surface area (TPSA) is 41.5 Å². The number of hydrogen-bond acceptors (Lipinski definition) is 3. The minimum atomic E-state index is -4.38. The summed E-state index contributed by atoms with van der Waals surface area (Å²) < 4.78 is 37.1. The Morgan fingerprint density at radius 3 is 2.69 bits per heavy atom. The van der Waals surface area contributed by atoms with Crippen LogP contribution in [0.25, 0.3) is 0 Å². The molecule has 2 unspecified atom stereocenters. The van der Waals surface area contributed by atoms with Crippen molar-refractivity contribution in [2.45, 2.75) is 32.5 Å². The van der Waals surface area contributed by atoms with Gasteiger partial charge in [-0.2, -0.15) is 13.3 Å². The van der Waals surface area contributed by atoms with Crippen molar-refractivity contribution >= 4 is 30.5 Å².